The number of ether oxygens (including phenoxy) is 1. The Bertz CT molecular complexity index is 2000. The SMILES string of the molecule is c1ccc(C2(c3cccc(Oc4cc(-c5nccc6ccccc56)cs4)c3)c3ccccc3-c3ccccc32)nc1. The fourth-order valence-electron chi connectivity index (χ4n) is 6.31. The van der Waals surface area contributed by atoms with Crippen LogP contribution in [0.3, 0.4) is 0 Å². The van der Waals surface area contributed by atoms with Crippen molar-refractivity contribution in [3.63, 3.8) is 0 Å². The van der Waals surface area contributed by atoms with Crippen LogP contribution in [-0.2, 0) is 5.41 Å². The Balaban J connectivity index is 1.24. The molecular weight excluding hydrogens is 520 g/mol. The molecule has 1 aliphatic rings. The second-order valence-corrected chi connectivity index (χ2v) is 11.1. The van der Waals surface area contributed by atoms with Crippen molar-refractivity contribution in [3.05, 3.63) is 168 Å². The van der Waals surface area contributed by atoms with Crippen LogP contribution in [0.5, 0.6) is 10.8 Å². The molecule has 41 heavy (non-hydrogen) atoms. The third kappa shape index (κ3) is 3.72. The maximum atomic E-state index is 6.52. The number of hydrogen-bond acceptors (Lipinski definition) is 4. The normalized spacial score (nSPS) is 13.1. The fraction of sp³-hybridized carbons (Fsp3) is 0.0270. The van der Waals surface area contributed by atoms with Gasteiger partial charge in [0.2, 0.25) is 0 Å². The lowest BCUT2D eigenvalue weighted by atomic mass is 9.70. The van der Waals surface area contributed by atoms with Crippen molar-refractivity contribution in [2.45, 2.75) is 5.41 Å². The predicted molar refractivity (Wildman–Crippen MR) is 167 cm³/mol. The van der Waals surface area contributed by atoms with E-state index >= 15 is 0 Å². The summed E-state index contributed by atoms with van der Waals surface area (Å²) in [6.07, 6.45) is 3.75. The van der Waals surface area contributed by atoms with Crippen LogP contribution >= 0.6 is 11.3 Å². The number of pyridine rings is 2. The third-order valence-corrected chi connectivity index (χ3v) is 8.81. The molecule has 0 spiro atoms. The summed E-state index contributed by atoms with van der Waals surface area (Å²) < 4.78 is 6.52. The van der Waals surface area contributed by atoms with E-state index in [1.54, 1.807) is 11.3 Å². The van der Waals surface area contributed by atoms with Crippen molar-refractivity contribution >= 4 is 22.1 Å². The minimum atomic E-state index is -0.554. The lowest BCUT2D eigenvalue weighted by Crippen LogP contribution is -2.29. The van der Waals surface area contributed by atoms with Gasteiger partial charge in [-0.3, -0.25) is 9.97 Å². The maximum Gasteiger partial charge on any atom is 0.181 e. The van der Waals surface area contributed by atoms with Crippen LogP contribution < -0.4 is 4.74 Å². The van der Waals surface area contributed by atoms with E-state index in [4.69, 9.17) is 14.7 Å². The molecule has 0 saturated heterocycles. The summed E-state index contributed by atoms with van der Waals surface area (Å²) in [6.45, 7) is 0. The van der Waals surface area contributed by atoms with Gasteiger partial charge in [-0.25, -0.2) is 0 Å². The minimum absolute atomic E-state index is 0.554. The predicted octanol–water partition coefficient (Wildman–Crippen LogP) is 9.51. The molecule has 3 heterocycles. The number of nitrogens with zero attached hydrogens (tertiary/aromatic N) is 2. The van der Waals surface area contributed by atoms with Crippen molar-refractivity contribution in [2.24, 2.45) is 0 Å². The van der Waals surface area contributed by atoms with Gasteiger partial charge in [0, 0.05) is 34.8 Å². The van der Waals surface area contributed by atoms with Crippen LogP contribution in [0.15, 0.2) is 145 Å². The molecule has 1 aliphatic carbocycles. The average Bonchev–Trinajstić information content (AvgIpc) is 3.62. The summed E-state index contributed by atoms with van der Waals surface area (Å²) in [5.41, 5.74) is 8.54. The fourth-order valence-corrected chi connectivity index (χ4v) is 7.07. The molecule has 4 heteroatoms. The zero-order valence-corrected chi connectivity index (χ0v) is 22.9. The van der Waals surface area contributed by atoms with Crippen molar-refractivity contribution in [1.82, 2.24) is 9.97 Å². The molecule has 0 aliphatic heterocycles. The Morgan fingerprint density at radius 2 is 1.37 bits per heavy atom. The molecule has 4 aromatic carbocycles. The summed E-state index contributed by atoms with van der Waals surface area (Å²) in [6, 6.07) is 44.5. The summed E-state index contributed by atoms with van der Waals surface area (Å²) in [4.78, 5) is 9.63. The summed E-state index contributed by atoms with van der Waals surface area (Å²) in [5, 5.41) is 5.26. The zero-order chi connectivity index (χ0) is 27.2. The first-order chi connectivity index (χ1) is 20.3. The molecule has 0 bridgehead atoms. The maximum absolute atomic E-state index is 6.52. The van der Waals surface area contributed by atoms with Gasteiger partial charge in [-0.2, -0.15) is 0 Å². The summed E-state index contributed by atoms with van der Waals surface area (Å²) >= 11 is 1.58. The van der Waals surface area contributed by atoms with E-state index in [1.807, 2.05) is 30.6 Å². The first kappa shape index (κ1) is 23.8. The Labute approximate surface area is 242 Å². The quantitative estimate of drug-likeness (QED) is 0.216. The Morgan fingerprint density at radius 3 is 2.17 bits per heavy atom. The van der Waals surface area contributed by atoms with Gasteiger partial charge in [0.25, 0.3) is 0 Å². The molecule has 0 fully saturated rings. The van der Waals surface area contributed by atoms with Gasteiger partial charge >= 0.3 is 0 Å². The number of benzene rings is 4. The average molecular weight is 545 g/mol. The Hall–Kier alpha value is -5.06. The van der Waals surface area contributed by atoms with Crippen molar-refractivity contribution in [1.29, 1.82) is 0 Å². The van der Waals surface area contributed by atoms with Crippen LogP contribution in [0.1, 0.15) is 22.4 Å². The largest absolute Gasteiger partial charge is 0.447 e. The first-order valence-electron chi connectivity index (χ1n) is 13.6. The molecule has 7 aromatic rings. The molecule has 8 rings (SSSR count). The highest BCUT2D eigenvalue weighted by molar-refractivity contribution is 7.12. The monoisotopic (exact) mass is 544 g/mol. The standard InChI is InChI=1S/C37H24N2OS/c1-2-13-29-25(10-1)19-21-39-36(29)26-22-35(41-24-26)40-28-12-9-11-27(23-28)37(34-18-7-8-20-38-34)32-16-5-3-14-30(32)31-15-4-6-17-33(31)37/h1-24H. The molecule has 0 amide bonds. The highest BCUT2D eigenvalue weighted by atomic mass is 32.1. The second-order valence-electron chi connectivity index (χ2n) is 10.2. The molecule has 0 radical (unpaired) electrons. The van der Waals surface area contributed by atoms with Gasteiger partial charge in [0.05, 0.1) is 16.8 Å². The molecular formula is C37H24N2OS. The van der Waals surface area contributed by atoms with Crippen molar-refractivity contribution in [3.8, 4) is 33.2 Å². The van der Waals surface area contributed by atoms with E-state index in [0.29, 0.717) is 0 Å². The molecule has 0 saturated carbocycles. The van der Waals surface area contributed by atoms with E-state index in [0.717, 1.165) is 38.7 Å². The van der Waals surface area contributed by atoms with Gasteiger partial charge < -0.3 is 4.74 Å². The number of rotatable bonds is 5. The van der Waals surface area contributed by atoms with Gasteiger partial charge in [0.1, 0.15) is 5.75 Å². The van der Waals surface area contributed by atoms with Crippen molar-refractivity contribution in [2.75, 3.05) is 0 Å². The van der Waals surface area contributed by atoms with Gasteiger partial charge in [0.15, 0.2) is 5.06 Å². The lowest BCUT2D eigenvalue weighted by molar-refractivity contribution is 0.495. The summed E-state index contributed by atoms with van der Waals surface area (Å²) in [7, 11) is 0. The lowest BCUT2D eigenvalue weighted by Gasteiger charge is -2.32. The van der Waals surface area contributed by atoms with Gasteiger partial charge in [-0.1, -0.05) is 91.0 Å². The smallest absolute Gasteiger partial charge is 0.181 e. The third-order valence-electron chi connectivity index (χ3n) is 8.01. The van der Waals surface area contributed by atoms with E-state index in [2.05, 4.69) is 115 Å². The van der Waals surface area contributed by atoms with Crippen LogP contribution in [0.4, 0.5) is 0 Å². The molecule has 3 aromatic heterocycles. The molecule has 0 atom stereocenters. The first-order valence-corrected chi connectivity index (χ1v) is 14.5. The number of thiophene rings is 1. The Kier molecular flexibility index (Phi) is 5.54. The van der Waals surface area contributed by atoms with E-state index in [1.165, 1.54) is 27.6 Å². The molecule has 3 nitrogen and oxygen atoms in total. The van der Waals surface area contributed by atoms with Crippen molar-refractivity contribution < 1.29 is 4.74 Å². The number of hydrogen-bond donors (Lipinski definition) is 0. The molecule has 0 N–H and O–H groups in total. The topological polar surface area (TPSA) is 35.0 Å². The number of fused-ring (bicyclic) bond motifs is 4. The zero-order valence-electron chi connectivity index (χ0n) is 22.1. The van der Waals surface area contributed by atoms with Gasteiger partial charge in [-0.15, -0.1) is 11.3 Å². The van der Waals surface area contributed by atoms with E-state index in [-0.39, 0.29) is 0 Å². The number of aromatic nitrogens is 2. The van der Waals surface area contributed by atoms with Crippen LogP contribution in [-0.4, -0.2) is 9.97 Å². The molecule has 194 valence electrons. The van der Waals surface area contributed by atoms with E-state index in [9.17, 15) is 0 Å². The van der Waals surface area contributed by atoms with Gasteiger partial charge in [-0.05, 0) is 63.5 Å². The summed E-state index contributed by atoms with van der Waals surface area (Å²) in [5.74, 6) is 0.791. The Morgan fingerprint density at radius 1 is 0.610 bits per heavy atom. The second kappa shape index (κ2) is 9.54. The van der Waals surface area contributed by atoms with E-state index < -0.39 is 5.41 Å². The molecule has 0 unspecified atom stereocenters. The minimum Gasteiger partial charge on any atom is -0.447 e. The van der Waals surface area contributed by atoms with Crippen LogP contribution in [0, 0.1) is 0 Å². The highest BCUT2D eigenvalue weighted by Gasteiger charge is 2.47. The highest BCUT2D eigenvalue weighted by Crippen LogP contribution is 2.55. The van der Waals surface area contributed by atoms with Crippen LogP contribution in [0.25, 0.3) is 33.2 Å². The van der Waals surface area contributed by atoms with Crippen LogP contribution in [0.2, 0.25) is 0 Å².